The summed E-state index contributed by atoms with van der Waals surface area (Å²) in [6, 6.07) is 8.99. The van der Waals surface area contributed by atoms with Crippen LogP contribution in [0, 0.1) is 13.8 Å². The lowest BCUT2D eigenvalue weighted by Gasteiger charge is -2.42. The normalized spacial score (nSPS) is 20.2. The molecule has 1 aromatic carbocycles. The summed E-state index contributed by atoms with van der Waals surface area (Å²) in [5, 5.41) is 6.81. The molecule has 1 aromatic heterocycles. The number of hydrogen-bond acceptors (Lipinski definition) is 5. The number of morpholine rings is 1. The summed E-state index contributed by atoms with van der Waals surface area (Å²) >= 11 is 0. The highest BCUT2D eigenvalue weighted by atomic mass is 16.5. The topological polar surface area (TPSA) is 84.7 Å². The van der Waals surface area contributed by atoms with Gasteiger partial charge in [0.15, 0.2) is 6.10 Å². The molecule has 2 heterocycles. The number of aryl methyl sites for hydroxylation is 2. The quantitative estimate of drug-likeness (QED) is 0.872. The third-order valence-corrected chi connectivity index (χ3v) is 4.84. The summed E-state index contributed by atoms with van der Waals surface area (Å²) < 4.78 is 10.8. The lowest BCUT2D eigenvalue weighted by molar-refractivity contribution is -0.167. The van der Waals surface area contributed by atoms with Gasteiger partial charge in [-0.3, -0.25) is 9.59 Å². The van der Waals surface area contributed by atoms with Crippen molar-refractivity contribution in [1.29, 1.82) is 0 Å². The fourth-order valence-electron chi connectivity index (χ4n) is 3.47. The van der Waals surface area contributed by atoms with Gasteiger partial charge in [-0.25, -0.2) is 0 Å². The Hall–Kier alpha value is -2.67. The number of nitrogens with zero attached hydrogens (tertiary/aromatic N) is 2. The van der Waals surface area contributed by atoms with Gasteiger partial charge in [-0.2, -0.15) is 0 Å². The van der Waals surface area contributed by atoms with E-state index in [-0.39, 0.29) is 24.5 Å². The van der Waals surface area contributed by atoms with Gasteiger partial charge in [-0.05, 0) is 33.3 Å². The van der Waals surface area contributed by atoms with E-state index in [2.05, 4.69) is 10.5 Å². The number of hydrogen-bond donors (Lipinski definition) is 1. The monoisotopic (exact) mass is 371 g/mol. The Bertz CT molecular complexity index is 796. The fraction of sp³-hybridized carbons (Fsp3) is 0.450. The van der Waals surface area contributed by atoms with Crippen molar-refractivity contribution >= 4 is 11.8 Å². The minimum atomic E-state index is -0.784. The van der Waals surface area contributed by atoms with E-state index in [0.717, 1.165) is 16.8 Å². The van der Waals surface area contributed by atoms with Crippen LogP contribution in [0.1, 0.15) is 42.5 Å². The molecule has 2 amide bonds. The highest BCUT2D eigenvalue weighted by Gasteiger charge is 2.42. The van der Waals surface area contributed by atoms with E-state index in [0.29, 0.717) is 12.3 Å². The second-order valence-electron chi connectivity index (χ2n) is 7.00. The second kappa shape index (κ2) is 7.92. The molecular formula is C20H25N3O4. The zero-order chi connectivity index (χ0) is 19.6. The SMILES string of the molecule is Cc1noc(C)c1CNC(=O)[C@H]1OCC(=O)N(C(C)C)[C@@H]1c1ccccc1. The molecule has 0 unspecified atom stereocenters. The highest BCUT2D eigenvalue weighted by Crippen LogP contribution is 2.32. The van der Waals surface area contributed by atoms with Crippen LogP contribution in [0.2, 0.25) is 0 Å². The molecule has 3 rings (SSSR count). The molecule has 1 aliphatic heterocycles. The van der Waals surface area contributed by atoms with Crippen molar-refractivity contribution in [1.82, 2.24) is 15.4 Å². The largest absolute Gasteiger partial charge is 0.361 e. The molecule has 2 atom stereocenters. The molecule has 1 saturated heterocycles. The Morgan fingerprint density at radius 3 is 2.59 bits per heavy atom. The number of rotatable bonds is 5. The zero-order valence-corrected chi connectivity index (χ0v) is 16.1. The summed E-state index contributed by atoms with van der Waals surface area (Å²) in [5.74, 6) is 0.298. The Morgan fingerprint density at radius 2 is 2.00 bits per heavy atom. The number of benzene rings is 1. The van der Waals surface area contributed by atoms with Gasteiger partial charge in [0, 0.05) is 18.2 Å². The van der Waals surface area contributed by atoms with Crippen molar-refractivity contribution in [3.05, 3.63) is 52.9 Å². The molecule has 27 heavy (non-hydrogen) atoms. The third kappa shape index (κ3) is 3.88. The smallest absolute Gasteiger partial charge is 0.251 e. The van der Waals surface area contributed by atoms with E-state index in [1.54, 1.807) is 4.90 Å². The first kappa shape index (κ1) is 19.1. The Balaban J connectivity index is 1.85. The zero-order valence-electron chi connectivity index (χ0n) is 16.1. The molecular weight excluding hydrogens is 346 g/mol. The van der Waals surface area contributed by atoms with E-state index >= 15 is 0 Å². The molecule has 7 heteroatoms. The first-order valence-corrected chi connectivity index (χ1v) is 9.07. The molecule has 144 valence electrons. The van der Waals surface area contributed by atoms with Gasteiger partial charge in [0.25, 0.3) is 5.91 Å². The van der Waals surface area contributed by atoms with Gasteiger partial charge < -0.3 is 19.5 Å². The number of amides is 2. The van der Waals surface area contributed by atoms with Gasteiger partial charge in [0.1, 0.15) is 12.4 Å². The summed E-state index contributed by atoms with van der Waals surface area (Å²) in [6.45, 7) is 7.73. The molecule has 1 fully saturated rings. The lowest BCUT2D eigenvalue weighted by Crippen LogP contribution is -2.56. The Morgan fingerprint density at radius 1 is 1.30 bits per heavy atom. The van der Waals surface area contributed by atoms with Crippen LogP contribution >= 0.6 is 0 Å². The summed E-state index contributed by atoms with van der Waals surface area (Å²) in [4.78, 5) is 27.2. The number of ether oxygens (including phenoxy) is 1. The maximum Gasteiger partial charge on any atom is 0.251 e. The van der Waals surface area contributed by atoms with Crippen LogP contribution in [0.5, 0.6) is 0 Å². The van der Waals surface area contributed by atoms with Crippen molar-refractivity contribution in [2.24, 2.45) is 0 Å². The molecule has 0 spiro atoms. The highest BCUT2D eigenvalue weighted by molar-refractivity contribution is 5.86. The number of nitrogens with one attached hydrogen (secondary N) is 1. The van der Waals surface area contributed by atoms with Crippen molar-refractivity contribution in [3.8, 4) is 0 Å². The molecule has 0 saturated carbocycles. The van der Waals surface area contributed by atoms with E-state index < -0.39 is 12.1 Å². The van der Waals surface area contributed by atoms with Crippen molar-refractivity contribution in [2.75, 3.05) is 6.61 Å². The first-order chi connectivity index (χ1) is 12.9. The average Bonchev–Trinajstić information content (AvgIpc) is 2.97. The maximum atomic E-state index is 12.9. The molecule has 0 bridgehead atoms. The van der Waals surface area contributed by atoms with E-state index in [4.69, 9.17) is 9.26 Å². The van der Waals surface area contributed by atoms with Crippen LogP contribution < -0.4 is 5.32 Å². The van der Waals surface area contributed by atoms with E-state index in [1.165, 1.54) is 0 Å². The molecule has 7 nitrogen and oxygen atoms in total. The minimum Gasteiger partial charge on any atom is -0.361 e. The van der Waals surface area contributed by atoms with Gasteiger partial charge in [0.05, 0.1) is 11.7 Å². The Labute approximate surface area is 158 Å². The van der Waals surface area contributed by atoms with E-state index in [9.17, 15) is 9.59 Å². The molecule has 0 radical (unpaired) electrons. The summed E-state index contributed by atoms with van der Waals surface area (Å²) in [5.41, 5.74) is 2.47. The number of carbonyl (C=O) groups excluding carboxylic acids is 2. The van der Waals surface area contributed by atoms with Crippen molar-refractivity contribution in [2.45, 2.75) is 52.4 Å². The molecule has 1 aliphatic rings. The van der Waals surface area contributed by atoms with Crippen LogP contribution in [-0.4, -0.2) is 40.6 Å². The van der Waals surface area contributed by atoms with E-state index in [1.807, 2.05) is 58.0 Å². The predicted octanol–water partition coefficient (Wildman–Crippen LogP) is 2.28. The maximum absolute atomic E-state index is 12.9. The molecule has 0 aliphatic carbocycles. The van der Waals surface area contributed by atoms with Gasteiger partial charge >= 0.3 is 0 Å². The van der Waals surface area contributed by atoms with Crippen LogP contribution in [-0.2, 0) is 20.9 Å². The lowest BCUT2D eigenvalue weighted by atomic mass is 9.95. The van der Waals surface area contributed by atoms with Crippen LogP contribution in [0.4, 0.5) is 0 Å². The van der Waals surface area contributed by atoms with Gasteiger partial charge in [0.2, 0.25) is 5.91 Å². The van der Waals surface area contributed by atoms with Crippen LogP contribution in [0.15, 0.2) is 34.9 Å². The molecule has 1 N–H and O–H groups in total. The minimum absolute atomic E-state index is 0.0514. The van der Waals surface area contributed by atoms with Crippen molar-refractivity contribution in [3.63, 3.8) is 0 Å². The van der Waals surface area contributed by atoms with Crippen LogP contribution in [0.3, 0.4) is 0 Å². The summed E-state index contributed by atoms with van der Waals surface area (Å²) in [6.07, 6.45) is -0.784. The fourth-order valence-corrected chi connectivity index (χ4v) is 3.47. The number of carbonyl (C=O) groups is 2. The van der Waals surface area contributed by atoms with Crippen LogP contribution in [0.25, 0.3) is 0 Å². The number of aromatic nitrogens is 1. The predicted molar refractivity (Wildman–Crippen MR) is 98.7 cm³/mol. The van der Waals surface area contributed by atoms with Crippen molar-refractivity contribution < 1.29 is 18.8 Å². The third-order valence-electron chi connectivity index (χ3n) is 4.84. The average molecular weight is 371 g/mol. The Kier molecular flexibility index (Phi) is 5.60. The summed E-state index contributed by atoms with van der Waals surface area (Å²) in [7, 11) is 0. The molecule has 2 aromatic rings. The first-order valence-electron chi connectivity index (χ1n) is 9.07. The second-order valence-corrected chi connectivity index (χ2v) is 7.00. The van der Waals surface area contributed by atoms with Gasteiger partial charge in [-0.1, -0.05) is 35.5 Å². The van der Waals surface area contributed by atoms with Gasteiger partial charge in [-0.15, -0.1) is 0 Å². The standard InChI is InChI=1S/C20H25N3O4/c1-12(2)23-17(24)11-26-19(18(23)15-8-6-5-7-9-15)20(25)21-10-16-13(3)22-27-14(16)4/h5-9,12,18-19H,10-11H2,1-4H3,(H,21,25)/t18-,19+/m1/s1.